The number of piperidine rings is 1. The summed E-state index contributed by atoms with van der Waals surface area (Å²) in [5, 5.41) is 9.06. The number of carbonyl (C=O) groups excluding carboxylic acids is 1. The predicted octanol–water partition coefficient (Wildman–Crippen LogP) is 1.68. The second kappa shape index (κ2) is 5.60. The standard InChI is InChI=1S/C14H26N2O4/c1-13(2,3)20-12(19)16-7-6-9(10(15)11(17)18)14(4,5)8-16/h9-10H,6-8,15H2,1-5H3,(H,17,18)/t9?,10-/m0/s1. The average molecular weight is 286 g/mol. The topological polar surface area (TPSA) is 92.9 Å². The van der Waals surface area contributed by atoms with Gasteiger partial charge in [-0.2, -0.15) is 0 Å². The Hall–Kier alpha value is -1.30. The molecular formula is C14H26N2O4. The molecule has 20 heavy (non-hydrogen) atoms. The molecule has 0 radical (unpaired) electrons. The SMILES string of the molecule is CC(C)(C)OC(=O)N1CCC([C@H](N)C(=O)O)C(C)(C)C1. The molecule has 1 unspecified atom stereocenters. The van der Waals surface area contributed by atoms with E-state index in [9.17, 15) is 9.59 Å². The van der Waals surface area contributed by atoms with Crippen molar-refractivity contribution in [1.82, 2.24) is 4.90 Å². The molecule has 1 aliphatic rings. The van der Waals surface area contributed by atoms with Gasteiger partial charge < -0.3 is 20.5 Å². The van der Waals surface area contributed by atoms with Gasteiger partial charge in [-0.25, -0.2) is 4.79 Å². The van der Waals surface area contributed by atoms with E-state index in [1.165, 1.54) is 0 Å². The van der Waals surface area contributed by atoms with Crippen molar-refractivity contribution in [1.29, 1.82) is 0 Å². The number of likely N-dealkylation sites (tertiary alicyclic amines) is 1. The van der Waals surface area contributed by atoms with Crippen LogP contribution in [-0.2, 0) is 9.53 Å². The smallest absolute Gasteiger partial charge is 0.410 e. The molecule has 3 N–H and O–H groups in total. The van der Waals surface area contributed by atoms with Crippen molar-refractivity contribution in [2.45, 2.75) is 52.7 Å². The first-order valence-electron chi connectivity index (χ1n) is 6.90. The second-order valence-corrected chi connectivity index (χ2v) is 7.15. The Kier molecular flexibility index (Phi) is 4.69. The lowest BCUT2D eigenvalue weighted by Crippen LogP contribution is -2.55. The summed E-state index contributed by atoms with van der Waals surface area (Å²) in [6.07, 6.45) is 0.215. The highest BCUT2D eigenvalue weighted by Gasteiger charge is 2.43. The highest BCUT2D eigenvalue weighted by Crippen LogP contribution is 2.37. The maximum Gasteiger partial charge on any atom is 0.410 e. The first kappa shape index (κ1) is 16.8. The van der Waals surface area contributed by atoms with Crippen LogP contribution in [0, 0.1) is 11.3 Å². The van der Waals surface area contributed by atoms with E-state index < -0.39 is 17.6 Å². The van der Waals surface area contributed by atoms with Gasteiger partial charge >= 0.3 is 12.1 Å². The van der Waals surface area contributed by atoms with Gasteiger partial charge in [0.05, 0.1) is 0 Å². The number of rotatable bonds is 2. The molecule has 1 amide bonds. The number of nitrogens with zero attached hydrogens (tertiary/aromatic N) is 1. The number of carboxylic acid groups (broad SMARTS) is 1. The maximum atomic E-state index is 12.1. The van der Waals surface area contributed by atoms with Crippen molar-refractivity contribution in [3.05, 3.63) is 0 Å². The van der Waals surface area contributed by atoms with Crippen LogP contribution in [0.1, 0.15) is 41.0 Å². The molecule has 1 heterocycles. The summed E-state index contributed by atoms with van der Waals surface area (Å²) < 4.78 is 5.35. The van der Waals surface area contributed by atoms with Gasteiger partial charge in [0.25, 0.3) is 0 Å². The van der Waals surface area contributed by atoms with Crippen molar-refractivity contribution in [2.75, 3.05) is 13.1 Å². The molecule has 116 valence electrons. The summed E-state index contributed by atoms with van der Waals surface area (Å²) in [5.74, 6) is -1.15. The van der Waals surface area contributed by atoms with Crippen molar-refractivity contribution in [3.63, 3.8) is 0 Å². The summed E-state index contributed by atoms with van der Waals surface area (Å²) >= 11 is 0. The fraction of sp³-hybridized carbons (Fsp3) is 0.857. The first-order valence-corrected chi connectivity index (χ1v) is 6.90. The molecule has 0 aliphatic carbocycles. The van der Waals surface area contributed by atoms with Crippen LogP contribution in [0.4, 0.5) is 4.79 Å². The average Bonchev–Trinajstić information content (AvgIpc) is 2.24. The summed E-state index contributed by atoms with van der Waals surface area (Å²) in [5.41, 5.74) is 4.87. The molecule has 0 bridgehead atoms. The van der Waals surface area contributed by atoms with Crippen molar-refractivity contribution >= 4 is 12.1 Å². The van der Waals surface area contributed by atoms with Crippen LogP contribution < -0.4 is 5.73 Å². The zero-order valence-corrected chi connectivity index (χ0v) is 13.0. The lowest BCUT2D eigenvalue weighted by molar-refractivity contribution is -0.142. The van der Waals surface area contributed by atoms with E-state index in [1.807, 2.05) is 34.6 Å². The van der Waals surface area contributed by atoms with Crippen LogP contribution in [0.2, 0.25) is 0 Å². The minimum atomic E-state index is -0.992. The summed E-state index contributed by atoms with van der Waals surface area (Å²) in [6, 6.07) is -0.897. The van der Waals surface area contributed by atoms with Crippen LogP contribution in [0.15, 0.2) is 0 Å². The van der Waals surface area contributed by atoms with Gasteiger partial charge in [0, 0.05) is 13.1 Å². The molecule has 1 aliphatic heterocycles. The van der Waals surface area contributed by atoms with Crippen LogP contribution in [0.5, 0.6) is 0 Å². The van der Waals surface area contributed by atoms with E-state index in [4.69, 9.17) is 15.6 Å². The molecule has 0 saturated carbocycles. The fourth-order valence-corrected chi connectivity index (χ4v) is 2.69. The molecule has 1 saturated heterocycles. The minimum Gasteiger partial charge on any atom is -0.480 e. The van der Waals surface area contributed by atoms with Gasteiger partial charge in [-0.05, 0) is 38.5 Å². The van der Waals surface area contributed by atoms with E-state index in [-0.39, 0.29) is 17.4 Å². The Morgan fingerprint density at radius 1 is 1.40 bits per heavy atom. The molecule has 2 atom stereocenters. The predicted molar refractivity (Wildman–Crippen MR) is 75.3 cm³/mol. The third-order valence-corrected chi connectivity index (χ3v) is 3.68. The Morgan fingerprint density at radius 2 is 1.95 bits per heavy atom. The van der Waals surface area contributed by atoms with E-state index in [2.05, 4.69) is 0 Å². The fourth-order valence-electron chi connectivity index (χ4n) is 2.69. The van der Waals surface area contributed by atoms with Crippen LogP contribution in [-0.4, -0.2) is 46.8 Å². The molecule has 6 heteroatoms. The zero-order chi connectivity index (χ0) is 15.7. The van der Waals surface area contributed by atoms with Crippen LogP contribution in [0.3, 0.4) is 0 Å². The van der Waals surface area contributed by atoms with Crippen LogP contribution >= 0.6 is 0 Å². The monoisotopic (exact) mass is 286 g/mol. The number of amides is 1. The number of hydrogen-bond donors (Lipinski definition) is 2. The molecule has 0 aromatic heterocycles. The third kappa shape index (κ3) is 4.10. The Balaban J connectivity index is 2.74. The van der Waals surface area contributed by atoms with Gasteiger partial charge in [-0.3, -0.25) is 4.79 Å². The molecule has 0 spiro atoms. The highest BCUT2D eigenvalue weighted by atomic mass is 16.6. The van der Waals surface area contributed by atoms with Gasteiger partial charge in [0.2, 0.25) is 0 Å². The van der Waals surface area contributed by atoms with Crippen LogP contribution in [0.25, 0.3) is 0 Å². The molecular weight excluding hydrogens is 260 g/mol. The number of carboxylic acids is 1. The number of ether oxygens (including phenoxy) is 1. The van der Waals surface area contributed by atoms with Gasteiger partial charge in [-0.1, -0.05) is 13.8 Å². The third-order valence-electron chi connectivity index (χ3n) is 3.68. The van der Waals surface area contributed by atoms with Gasteiger partial charge in [0.1, 0.15) is 11.6 Å². The molecule has 1 rings (SSSR count). The Bertz CT molecular complexity index is 387. The zero-order valence-electron chi connectivity index (χ0n) is 13.0. The number of aliphatic carboxylic acids is 1. The van der Waals surface area contributed by atoms with E-state index in [0.717, 1.165) is 0 Å². The molecule has 0 aromatic rings. The Labute approximate surface area is 120 Å². The van der Waals surface area contributed by atoms with E-state index in [1.54, 1.807) is 4.90 Å². The summed E-state index contributed by atoms with van der Waals surface area (Å²) in [4.78, 5) is 24.8. The summed E-state index contributed by atoms with van der Waals surface area (Å²) in [6.45, 7) is 10.3. The van der Waals surface area contributed by atoms with Gasteiger partial charge in [-0.15, -0.1) is 0 Å². The first-order chi connectivity index (χ1) is 8.94. The lowest BCUT2D eigenvalue weighted by atomic mass is 9.70. The maximum absolute atomic E-state index is 12.1. The quantitative estimate of drug-likeness (QED) is 0.805. The molecule has 0 aromatic carbocycles. The number of nitrogens with two attached hydrogens (primary N) is 1. The largest absolute Gasteiger partial charge is 0.480 e. The molecule has 6 nitrogen and oxygen atoms in total. The lowest BCUT2D eigenvalue weighted by Gasteiger charge is -2.45. The summed E-state index contributed by atoms with van der Waals surface area (Å²) in [7, 11) is 0. The highest BCUT2D eigenvalue weighted by molar-refractivity contribution is 5.74. The second-order valence-electron chi connectivity index (χ2n) is 7.15. The number of hydrogen-bond acceptors (Lipinski definition) is 4. The normalized spacial score (nSPS) is 24.1. The van der Waals surface area contributed by atoms with Crippen molar-refractivity contribution in [3.8, 4) is 0 Å². The minimum absolute atomic E-state index is 0.154. The Morgan fingerprint density at radius 3 is 2.35 bits per heavy atom. The van der Waals surface area contributed by atoms with E-state index in [0.29, 0.717) is 19.5 Å². The molecule has 1 fully saturated rings. The number of carbonyl (C=O) groups is 2. The van der Waals surface area contributed by atoms with E-state index >= 15 is 0 Å². The van der Waals surface area contributed by atoms with Crippen molar-refractivity contribution < 1.29 is 19.4 Å². The van der Waals surface area contributed by atoms with Gasteiger partial charge in [0.15, 0.2) is 0 Å². The van der Waals surface area contributed by atoms with Crippen molar-refractivity contribution in [2.24, 2.45) is 17.1 Å².